The Morgan fingerprint density at radius 1 is 0.875 bits per heavy atom. The normalized spacial score (nSPS) is 27.9. The topological polar surface area (TPSA) is 77.4 Å². The SMILES string of the molecule is COc1ccc([C@@]23Oc4cc(OC)cc(OC)c4[C@@]2(O)[C@@H](O)C[C@@H]3c2ccccc2)cc1. The van der Waals surface area contributed by atoms with Gasteiger partial charge in [-0.1, -0.05) is 42.5 Å². The molecular formula is C26H26O6. The summed E-state index contributed by atoms with van der Waals surface area (Å²) >= 11 is 0. The average molecular weight is 434 g/mol. The van der Waals surface area contributed by atoms with Crippen molar-refractivity contribution in [2.24, 2.45) is 0 Å². The van der Waals surface area contributed by atoms with Crippen LogP contribution in [0, 0.1) is 0 Å². The molecule has 0 aromatic heterocycles. The van der Waals surface area contributed by atoms with Gasteiger partial charge in [0.2, 0.25) is 0 Å². The third-order valence-electron chi connectivity index (χ3n) is 6.87. The molecule has 1 aliphatic carbocycles. The van der Waals surface area contributed by atoms with Crippen molar-refractivity contribution >= 4 is 0 Å². The zero-order valence-corrected chi connectivity index (χ0v) is 18.2. The van der Waals surface area contributed by atoms with Gasteiger partial charge in [0.1, 0.15) is 23.0 Å². The molecule has 0 amide bonds. The molecule has 0 saturated heterocycles. The Labute approximate surface area is 186 Å². The van der Waals surface area contributed by atoms with Crippen LogP contribution in [-0.4, -0.2) is 37.6 Å². The van der Waals surface area contributed by atoms with Crippen molar-refractivity contribution in [1.82, 2.24) is 0 Å². The third-order valence-corrected chi connectivity index (χ3v) is 6.87. The Morgan fingerprint density at radius 3 is 2.19 bits per heavy atom. The lowest BCUT2D eigenvalue weighted by Gasteiger charge is -2.40. The number of aliphatic hydroxyl groups excluding tert-OH is 1. The average Bonchev–Trinajstić information content (AvgIpc) is 3.24. The Hall–Kier alpha value is -3.22. The van der Waals surface area contributed by atoms with Gasteiger partial charge in [0.15, 0.2) is 11.2 Å². The van der Waals surface area contributed by atoms with Crippen molar-refractivity contribution in [3.63, 3.8) is 0 Å². The first kappa shape index (κ1) is 20.7. The number of benzene rings is 3. The lowest BCUT2D eigenvalue weighted by atomic mass is 9.71. The standard InChI is InChI=1S/C26H26O6/c1-29-18-11-9-17(10-12-18)26-20(16-7-5-4-6-8-16)15-23(27)25(26,28)24-21(31-3)13-19(30-2)14-22(24)32-26/h4-14,20,23,27-28H,15H2,1-3H3/t20-,23+,25+,26+/m1/s1. The minimum Gasteiger partial charge on any atom is -0.497 e. The molecule has 6 nitrogen and oxygen atoms in total. The maximum atomic E-state index is 12.4. The third kappa shape index (κ3) is 2.60. The molecule has 2 aliphatic rings. The number of ether oxygens (including phenoxy) is 4. The van der Waals surface area contributed by atoms with E-state index in [1.54, 1.807) is 26.4 Å². The summed E-state index contributed by atoms with van der Waals surface area (Å²) in [5.74, 6) is 1.75. The summed E-state index contributed by atoms with van der Waals surface area (Å²) in [7, 11) is 4.70. The molecule has 3 aromatic carbocycles. The van der Waals surface area contributed by atoms with E-state index >= 15 is 0 Å². The van der Waals surface area contributed by atoms with Crippen molar-refractivity contribution in [3.8, 4) is 23.0 Å². The molecule has 32 heavy (non-hydrogen) atoms. The molecular weight excluding hydrogens is 408 g/mol. The molecule has 5 rings (SSSR count). The number of hydrogen-bond donors (Lipinski definition) is 2. The van der Waals surface area contributed by atoms with Gasteiger partial charge in [0.05, 0.1) is 33.0 Å². The summed E-state index contributed by atoms with van der Waals surface area (Å²) < 4.78 is 23.1. The second kappa shape index (κ2) is 7.43. The van der Waals surface area contributed by atoms with Crippen LogP contribution in [0.5, 0.6) is 23.0 Å². The first-order valence-electron chi connectivity index (χ1n) is 10.5. The van der Waals surface area contributed by atoms with Crippen molar-refractivity contribution in [2.45, 2.75) is 29.6 Å². The lowest BCUT2D eigenvalue weighted by molar-refractivity contribution is -0.150. The molecule has 0 radical (unpaired) electrons. The second-order valence-corrected chi connectivity index (χ2v) is 8.25. The van der Waals surface area contributed by atoms with Crippen LogP contribution in [0.2, 0.25) is 0 Å². The summed E-state index contributed by atoms with van der Waals surface area (Å²) in [6.07, 6.45) is -0.764. The number of aliphatic hydroxyl groups is 2. The molecule has 6 heteroatoms. The fourth-order valence-corrected chi connectivity index (χ4v) is 5.42. The zero-order chi connectivity index (χ0) is 22.5. The molecule has 1 heterocycles. The van der Waals surface area contributed by atoms with Gasteiger partial charge in [-0.15, -0.1) is 0 Å². The summed E-state index contributed by atoms with van der Waals surface area (Å²) in [4.78, 5) is 0. The highest BCUT2D eigenvalue weighted by atomic mass is 16.5. The quantitative estimate of drug-likeness (QED) is 0.637. The second-order valence-electron chi connectivity index (χ2n) is 8.25. The Morgan fingerprint density at radius 2 is 1.56 bits per heavy atom. The molecule has 2 N–H and O–H groups in total. The van der Waals surface area contributed by atoms with Crippen LogP contribution in [0.4, 0.5) is 0 Å². The fraction of sp³-hybridized carbons (Fsp3) is 0.308. The predicted octanol–water partition coefficient (Wildman–Crippen LogP) is 3.74. The van der Waals surface area contributed by atoms with E-state index < -0.39 is 17.3 Å². The Bertz CT molecular complexity index is 1130. The van der Waals surface area contributed by atoms with E-state index in [1.165, 1.54) is 7.11 Å². The number of fused-ring (bicyclic) bond motifs is 3. The fourth-order valence-electron chi connectivity index (χ4n) is 5.42. The van der Waals surface area contributed by atoms with Crippen LogP contribution in [0.15, 0.2) is 66.7 Å². The van der Waals surface area contributed by atoms with E-state index in [0.29, 0.717) is 35.0 Å². The van der Waals surface area contributed by atoms with Gasteiger partial charge >= 0.3 is 0 Å². The van der Waals surface area contributed by atoms with E-state index in [1.807, 2.05) is 54.6 Å². The Kier molecular flexibility index (Phi) is 4.80. The van der Waals surface area contributed by atoms with Crippen LogP contribution in [0.3, 0.4) is 0 Å². The van der Waals surface area contributed by atoms with Gasteiger partial charge in [-0.25, -0.2) is 0 Å². The lowest BCUT2D eigenvalue weighted by Crippen LogP contribution is -2.52. The molecule has 3 aromatic rings. The first-order valence-corrected chi connectivity index (χ1v) is 10.5. The van der Waals surface area contributed by atoms with Gasteiger partial charge in [-0.2, -0.15) is 0 Å². The van der Waals surface area contributed by atoms with E-state index in [-0.39, 0.29) is 5.92 Å². The summed E-state index contributed by atoms with van der Waals surface area (Å²) in [6.45, 7) is 0. The predicted molar refractivity (Wildman–Crippen MR) is 119 cm³/mol. The van der Waals surface area contributed by atoms with Crippen LogP contribution >= 0.6 is 0 Å². The van der Waals surface area contributed by atoms with Gasteiger partial charge < -0.3 is 29.2 Å². The van der Waals surface area contributed by atoms with Crippen LogP contribution in [-0.2, 0) is 11.2 Å². The van der Waals surface area contributed by atoms with Crippen LogP contribution in [0.1, 0.15) is 29.0 Å². The molecule has 1 fully saturated rings. The monoisotopic (exact) mass is 434 g/mol. The van der Waals surface area contributed by atoms with E-state index in [2.05, 4.69) is 0 Å². The largest absolute Gasteiger partial charge is 0.497 e. The molecule has 1 aliphatic heterocycles. The molecule has 0 spiro atoms. The smallest absolute Gasteiger partial charge is 0.176 e. The first-order chi connectivity index (χ1) is 15.5. The minimum absolute atomic E-state index is 0.319. The van der Waals surface area contributed by atoms with Crippen molar-refractivity contribution in [1.29, 1.82) is 0 Å². The maximum Gasteiger partial charge on any atom is 0.176 e. The highest BCUT2D eigenvalue weighted by molar-refractivity contribution is 5.62. The van der Waals surface area contributed by atoms with Gasteiger partial charge in [-0.05, 0) is 29.7 Å². The maximum absolute atomic E-state index is 12.4. The molecule has 0 bridgehead atoms. The van der Waals surface area contributed by atoms with E-state index in [4.69, 9.17) is 18.9 Å². The zero-order valence-electron chi connectivity index (χ0n) is 18.2. The summed E-state index contributed by atoms with van der Waals surface area (Å²) in [6, 6.07) is 20.7. The van der Waals surface area contributed by atoms with Gasteiger partial charge in [0, 0.05) is 18.1 Å². The van der Waals surface area contributed by atoms with Gasteiger partial charge in [0.25, 0.3) is 0 Å². The molecule has 4 atom stereocenters. The molecule has 0 unspecified atom stereocenters. The highest BCUT2D eigenvalue weighted by Gasteiger charge is 2.73. The van der Waals surface area contributed by atoms with E-state index in [0.717, 1.165) is 11.1 Å². The summed E-state index contributed by atoms with van der Waals surface area (Å²) in [5, 5.41) is 23.7. The minimum atomic E-state index is -1.74. The molecule has 1 saturated carbocycles. The van der Waals surface area contributed by atoms with Crippen molar-refractivity contribution in [2.75, 3.05) is 21.3 Å². The Balaban J connectivity index is 1.80. The van der Waals surface area contributed by atoms with Crippen LogP contribution in [0.25, 0.3) is 0 Å². The number of rotatable bonds is 5. The highest BCUT2D eigenvalue weighted by Crippen LogP contribution is 2.68. The van der Waals surface area contributed by atoms with Crippen LogP contribution < -0.4 is 18.9 Å². The summed E-state index contributed by atoms with van der Waals surface area (Å²) in [5.41, 5.74) is -0.875. The number of methoxy groups -OCH3 is 3. The molecule has 166 valence electrons. The van der Waals surface area contributed by atoms with Crippen molar-refractivity contribution < 1.29 is 29.2 Å². The van der Waals surface area contributed by atoms with Crippen molar-refractivity contribution in [3.05, 3.63) is 83.4 Å². The van der Waals surface area contributed by atoms with E-state index in [9.17, 15) is 10.2 Å². The number of hydrogen-bond acceptors (Lipinski definition) is 6. The van der Waals surface area contributed by atoms with Gasteiger partial charge in [-0.3, -0.25) is 0 Å².